The van der Waals surface area contributed by atoms with Gasteiger partial charge in [0, 0.05) is 12.1 Å². The van der Waals surface area contributed by atoms with Crippen LogP contribution in [0.3, 0.4) is 0 Å². The molecule has 0 saturated heterocycles. The standard InChI is InChI=1S/C10H8Cl3N5O/c1-18-9(19)8(14)16-10(17-18)15-7-5(12)2-4(11)3-6(7)13/h2-3H,1H3,(H3,14,15,16,17). The van der Waals surface area contributed by atoms with Crippen molar-refractivity contribution in [3.8, 4) is 0 Å². The van der Waals surface area contributed by atoms with E-state index >= 15 is 0 Å². The van der Waals surface area contributed by atoms with E-state index in [2.05, 4.69) is 15.4 Å². The Morgan fingerprint density at radius 2 is 1.84 bits per heavy atom. The van der Waals surface area contributed by atoms with Crippen LogP contribution in [0.25, 0.3) is 0 Å². The Morgan fingerprint density at radius 3 is 2.37 bits per heavy atom. The van der Waals surface area contributed by atoms with Crippen molar-refractivity contribution in [1.82, 2.24) is 14.8 Å². The normalized spacial score (nSPS) is 10.5. The van der Waals surface area contributed by atoms with Crippen LogP contribution in [0.1, 0.15) is 0 Å². The molecule has 0 atom stereocenters. The summed E-state index contributed by atoms with van der Waals surface area (Å²) >= 11 is 17.8. The maximum atomic E-state index is 11.4. The molecule has 0 radical (unpaired) electrons. The van der Waals surface area contributed by atoms with Crippen molar-refractivity contribution in [3.05, 3.63) is 37.6 Å². The Bertz CT molecular complexity index is 651. The first-order valence-corrected chi connectivity index (χ1v) is 6.14. The molecule has 0 aliphatic heterocycles. The Hall–Kier alpha value is -1.50. The summed E-state index contributed by atoms with van der Waals surface area (Å²) in [5, 5.41) is 7.68. The third-order valence-electron chi connectivity index (χ3n) is 2.23. The molecule has 0 amide bonds. The molecule has 19 heavy (non-hydrogen) atoms. The molecule has 9 heteroatoms. The second-order valence-electron chi connectivity index (χ2n) is 3.62. The lowest BCUT2D eigenvalue weighted by atomic mass is 10.3. The van der Waals surface area contributed by atoms with Gasteiger partial charge in [0.25, 0.3) is 0 Å². The zero-order chi connectivity index (χ0) is 14.2. The smallest absolute Gasteiger partial charge is 0.309 e. The van der Waals surface area contributed by atoms with Crippen LogP contribution in [0.4, 0.5) is 17.5 Å². The number of rotatable bonds is 2. The lowest BCUT2D eigenvalue weighted by molar-refractivity contribution is 0.700. The molecule has 6 nitrogen and oxygen atoms in total. The zero-order valence-corrected chi connectivity index (χ0v) is 11.9. The topological polar surface area (TPSA) is 85.8 Å². The third-order valence-corrected chi connectivity index (χ3v) is 3.04. The van der Waals surface area contributed by atoms with Crippen LogP contribution in [0.15, 0.2) is 16.9 Å². The maximum absolute atomic E-state index is 11.4. The highest BCUT2D eigenvalue weighted by Crippen LogP contribution is 2.34. The minimum atomic E-state index is -0.487. The fourth-order valence-electron chi connectivity index (χ4n) is 1.36. The number of nitrogens with two attached hydrogens (primary N) is 1. The van der Waals surface area contributed by atoms with Gasteiger partial charge >= 0.3 is 5.56 Å². The van der Waals surface area contributed by atoms with Crippen molar-refractivity contribution in [3.63, 3.8) is 0 Å². The average Bonchev–Trinajstić information content (AvgIpc) is 2.30. The third kappa shape index (κ3) is 2.91. The van der Waals surface area contributed by atoms with Crippen LogP contribution >= 0.6 is 34.8 Å². The molecule has 100 valence electrons. The average molecular weight is 321 g/mol. The van der Waals surface area contributed by atoms with Crippen molar-refractivity contribution in [2.24, 2.45) is 7.05 Å². The SMILES string of the molecule is Cn1nc(Nc2c(Cl)cc(Cl)cc2Cl)nc(N)c1=O. The molecular formula is C10H8Cl3N5O. The first-order chi connectivity index (χ1) is 8.88. The summed E-state index contributed by atoms with van der Waals surface area (Å²) < 4.78 is 1.06. The Balaban J connectivity index is 2.45. The van der Waals surface area contributed by atoms with E-state index in [-0.39, 0.29) is 11.8 Å². The fraction of sp³-hybridized carbons (Fsp3) is 0.100. The van der Waals surface area contributed by atoms with E-state index in [1.165, 1.54) is 19.2 Å². The molecule has 1 aromatic carbocycles. The summed E-state index contributed by atoms with van der Waals surface area (Å²) in [5.74, 6) is -0.0769. The molecule has 3 N–H and O–H groups in total. The largest absolute Gasteiger partial charge is 0.379 e. The van der Waals surface area contributed by atoms with Gasteiger partial charge in [0.1, 0.15) is 0 Å². The molecule has 0 aliphatic rings. The van der Waals surface area contributed by atoms with Crippen LogP contribution in [-0.4, -0.2) is 14.8 Å². The number of aromatic nitrogens is 3. The lowest BCUT2D eigenvalue weighted by Crippen LogP contribution is -2.25. The van der Waals surface area contributed by atoms with Gasteiger partial charge in [0.15, 0.2) is 5.82 Å². The van der Waals surface area contributed by atoms with Crippen molar-refractivity contribution in [2.45, 2.75) is 0 Å². The summed E-state index contributed by atoms with van der Waals surface area (Å²) in [6.45, 7) is 0. The number of anilines is 3. The number of nitrogen functional groups attached to an aromatic ring is 1. The van der Waals surface area contributed by atoms with E-state index in [0.29, 0.717) is 20.8 Å². The molecular weight excluding hydrogens is 313 g/mol. The molecule has 0 aliphatic carbocycles. The summed E-state index contributed by atoms with van der Waals surface area (Å²) in [6.07, 6.45) is 0. The van der Waals surface area contributed by atoms with E-state index in [0.717, 1.165) is 4.68 Å². The number of benzene rings is 1. The predicted octanol–water partition coefficient (Wildman–Crippen LogP) is 2.46. The number of nitrogens with zero attached hydrogens (tertiary/aromatic N) is 3. The van der Waals surface area contributed by atoms with Gasteiger partial charge in [0.2, 0.25) is 5.95 Å². The summed E-state index contributed by atoms with van der Waals surface area (Å²) in [5.41, 5.74) is 5.36. The molecule has 1 heterocycles. The van der Waals surface area contributed by atoms with E-state index in [9.17, 15) is 4.79 Å². The minimum absolute atomic E-state index is 0.103. The Labute approximate surface area is 123 Å². The van der Waals surface area contributed by atoms with Crippen molar-refractivity contribution in [2.75, 3.05) is 11.1 Å². The maximum Gasteiger partial charge on any atom is 0.309 e. The predicted molar refractivity (Wildman–Crippen MR) is 76.4 cm³/mol. The van der Waals surface area contributed by atoms with Gasteiger partial charge in [-0.1, -0.05) is 34.8 Å². The molecule has 0 bridgehead atoms. The van der Waals surface area contributed by atoms with Gasteiger partial charge in [-0.05, 0) is 12.1 Å². The van der Waals surface area contributed by atoms with Crippen LogP contribution in [-0.2, 0) is 7.05 Å². The Morgan fingerprint density at radius 1 is 1.26 bits per heavy atom. The molecule has 2 aromatic rings. The number of hydrogen-bond acceptors (Lipinski definition) is 5. The van der Waals surface area contributed by atoms with E-state index < -0.39 is 5.56 Å². The first-order valence-electron chi connectivity index (χ1n) is 5.01. The summed E-state index contributed by atoms with van der Waals surface area (Å²) in [6, 6.07) is 3.03. The molecule has 0 saturated carbocycles. The van der Waals surface area contributed by atoms with Crippen LogP contribution in [0.5, 0.6) is 0 Å². The van der Waals surface area contributed by atoms with E-state index in [1.54, 1.807) is 0 Å². The monoisotopic (exact) mass is 319 g/mol. The van der Waals surface area contributed by atoms with Gasteiger partial charge in [0.05, 0.1) is 15.7 Å². The number of aryl methyl sites for hydroxylation is 1. The molecule has 0 unspecified atom stereocenters. The van der Waals surface area contributed by atoms with Crippen LogP contribution in [0.2, 0.25) is 15.1 Å². The second-order valence-corrected chi connectivity index (χ2v) is 4.87. The first kappa shape index (κ1) is 13.9. The summed E-state index contributed by atoms with van der Waals surface area (Å²) in [4.78, 5) is 15.2. The zero-order valence-electron chi connectivity index (χ0n) is 9.62. The van der Waals surface area contributed by atoms with Gasteiger partial charge in [-0.2, -0.15) is 4.98 Å². The lowest BCUT2D eigenvalue weighted by Gasteiger charge is -2.10. The van der Waals surface area contributed by atoms with Gasteiger partial charge in [-0.3, -0.25) is 4.79 Å². The molecule has 0 spiro atoms. The van der Waals surface area contributed by atoms with Gasteiger partial charge < -0.3 is 11.1 Å². The van der Waals surface area contributed by atoms with Crippen LogP contribution < -0.4 is 16.6 Å². The van der Waals surface area contributed by atoms with Crippen LogP contribution in [0, 0.1) is 0 Å². The van der Waals surface area contributed by atoms with E-state index in [4.69, 9.17) is 40.5 Å². The van der Waals surface area contributed by atoms with Gasteiger partial charge in [-0.15, -0.1) is 5.10 Å². The highest BCUT2D eigenvalue weighted by Gasteiger charge is 2.11. The molecule has 0 fully saturated rings. The second kappa shape index (κ2) is 5.24. The molecule has 2 rings (SSSR count). The Kier molecular flexibility index (Phi) is 3.84. The number of nitrogens with one attached hydrogen (secondary N) is 1. The van der Waals surface area contributed by atoms with Crippen molar-refractivity contribution in [1.29, 1.82) is 0 Å². The highest BCUT2D eigenvalue weighted by atomic mass is 35.5. The fourth-order valence-corrected chi connectivity index (χ4v) is 2.28. The summed E-state index contributed by atoms with van der Waals surface area (Å²) in [7, 11) is 1.45. The van der Waals surface area contributed by atoms with Crippen molar-refractivity contribution >= 4 is 52.3 Å². The highest BCUT2D eigenvalue weighted by molar-refractivity contribution is 6.41. The van der Waals surface area contributed by atoms with Gasteiger partial charge in [-0.25, -0.2) is 4.68 Å². The quantitative estimate of drug-likeness (QED) is 0.887. The van der Waals surface area contributed by atoms with E-state index in [1.807, 2.05) is 0 Å². The van der Waals surface area contributed by atoms with Crippen molar-refractivity contribution < 1.29 is 0 Å². The molecule has 1 aromatic heterocycles. The number of halogens is 3. The minimum Gasteiger partial charge on any atom is -0.379 e. The number of hydrogen-bond donors (Lipinski definition) is 2.